The summed E-state index contributed by atoms with van der Waals surface area (Å²) in [5.74, 6) is -0.553. The summed E-state index contributed by atoms with van der Waals surface area (Å²) in [6.45, 7) is 7.15. The molecule has 3 aromatic heterocycles. The van der Waals surface area contributed by atoms with Gasteiger partial charge in [0.05, 0.1) is 36.9 Å². The molecule has 0 bridgehead atoms. The van der Waals surface area contributed by atoms with Crippen LogP contribution < -0.4 is 20.1 Å². The number of halogens is 1. The van der Waals surface area contributed by atoms with Crippen molar-refractivity contribution < 1.29 is 28.2 Å². The predicted octanol–water partition coefficient (Wildman–Crippen LogP) is 4.47. The number of aryl methyl sites for hydroxylation is 1. The van der Waals surface area contributed by atoms with Crippen molar-refractivity contribution in [2.24, 2.45) is 0 Å². The average molecular weight is 577 g/mol. The van der Waals surface area contributed by atoms with Crippen LogP contribution in [0.1, 0.15) is 55.2 Å². The van der Waals surface area contributed by atoms with E-state index in [0.29, 0.717) is 46.8 Å². The van der Waals surface area contributed by atoms with Crippen LogP contribution in [0.3, 0.4) is 0 Å². The van der Waals surface area contributed by atoms with E-state index in [9.17, 15) is 14.0 Å². The molecule has 2 amide bonds. The van der Waals surface area contributed by atoms with E-state index in [2.05, 4.69) is 25.7 Å². The molecule has 220 valence electrons. The number of imidazole rings is 1. The van der Waals surface area contributed by atoms with Crippen LogP contribution in [0.4, 0.5) is 10.2 Å². The number of aromatic nitrogens is 4. The van der Waals surface area contributed by atoms with Gasteiger partial charge in [-0.2, -0.15) is 5.10 Å². The van der Waals surface area contributed by atoms with Crippen LogP contribution in [0.25, 0.3) is 16.9 Å². The second-order valence-electron chi connectivity index (χ2n) is 10.4. The summed E-state index contributed by atoms with van der Waals surface area (Å²) >= 11 is 0. The number of para-hydroxylation sites is 1. The molecule has 0 saturated carbocycles. The molecule has 4 heterocycles. The fourth-order valence-electron chi connectivity index (χ4n) is 5.13. The van der Waals surface area contributed by atoms with E-state index in [1.54, 1.807) is 43.5 Å². The molecule has 1 aliphatic heterocycles. The zero-order valence-corrected chi connectivity index (χ0v) is 24.1. The Balaban J connectivity index is 1.38. The predicted molar refractivity (Wildman–Crippen MR) is 153 cm³/mol. The molecule has 11 nitrogen and oxygen atoms in total. The maximum atomic E-state index is 14.9. The normalized spacial score (nSPS) is 18.5. The van der Waals surface area contributed by atoms with Crippen molar-refractivity contribution >= 4 is 23.3 Å². The van der Waals surface area contributed by atoms with Gasteiger partial charge in [-0.25, -0.2) is 18.9 Å². The molecule has 1 unspecified atom stereocenters. The van der Waals surface area contributed by atoms with Gasteiger partial charge in [-0.3, -0.25) is 9.59 Å². The first-order valence-corrected chi connectivity index (χ1v) is 13.7. The van der Waals surface area contributed by atoms with Crippen molar-refractivity contribution in [2.75, 3.05) is 12.4 Å². The lowest BCUT2D eigenvalue weighted by Gasteiger charge is -2.32. The second kappa shape index (κ2) is 12.1. The number of amides is 2. The highest BCUT2D eigenvalue weighted by Gasteiger charge is 2.27. The number of carbonyl (C=O) groups excluding carboxylic acids is 2. The molecule has 1 saturated heterocycles. The molecular formula is C30H33FN6O5. The second-order valence-corrected chi connectivity index (χ2v) is 10.4. The number of benzene rings is 1. The Morgan fingerprint density at radius 3 is 2.62 bits per heavy atom. The number of anilines is 1. The molecular weight excluding hydrogens is 543 g/mol. The van der Waals surface area contributed by atoms with Crippen LogP contribution in [-0.2, 0) is 16.1 Å². The number of hydrogen-bond acceptors (Lipinski definition) is 8. The first-order chi connectivity index (χ1) is 20.1. The minimum absolute atomic E-state index is 0.00705. The first-order valence-electron chi connectivity index (χ1n) is 13.7. The van der Waals surface area contributed by atoms with E-state index in [0.717, 1.165) is 0 Å². The van der Waals surface area contributed by atoms with Gasteiger partial charge in [-0.15, -0.1) is 0 Å². The van der Waals surface area contributed by atoms with Crippen molar-refractivity contribution in [2.45, 2.75) is 65.4 Å². The number of pyridine rings is 1. The van der Waals surface area contributed by atoms with Gasteiger partial charge >= 0.3 is 0 Å². The van der Waals surface area contributed by atoms with E-state index < -0.39 is 11.7 Å². The third-order valence-corrected chi connectivity index (χ3v) is 6.94. The van der Waals surface area contributed by atoms with Crippen LogP contribution in [0.2, 0.25) is 0 Å². The average Bonchev–Trinajstić information content (AvgIpc) is 3.33. The molecule has 3 atom stereocenters. The van der Waals surface area contributed by atoms with E-state index in [4.69, 9.17) is 14.2 Å². The van der Waals surface area contributed by atoms with Gasteiger partial charge < -0.3 is 24.8 Å². The number of hydrogen-bond donors (Lipinski definition) is 2. The zero-order valence-electron chi connectivity index (χ0n) is 24.1. The highest BCUT2D eigenvalue weighted by Crippen LogP contribution is 2.30. The molecule has 42 heavy (non-hydrogen) atoms. The third kappa shape index (κ3) is 6.33. The number of ether oxygens (including phenoxy) is 3. The summed E-state index contributed by atoms with van der Waals surface area (Å²) < 4.78 is 33.7. The molecule has 4 aromatic rings. The SMILES string of the molecule is COc1nc(C)c(-c2ccc3nc(NC(C)=O)cn3n2)cc1C(=O)NCc1cccc(F)c1OC1C[C@@H](C)O[C@@H](C)C1. The highest BCUT2D eigenvalue weighted by molar-refractivity contribution is 5.97. The summed E-state index contributed by atoms with van der Waals surface area (Å²) in [5.41, 5.74) is 2.98. The molecule has 5 rings (SSSR count). The Bertz CT molecular complexity index is 1630. The van der Waals surface area contributed by atoms with Gasteiger partial charge in [-0.05, 0) is 45.0 Å². The van der Waals surface area contributed by atoms with Crippen LogP contribution in [-0.4, -0.2) is 56.8 Å². The van der Waals surface area contributed by atoms with E-state index in [-0.39, 0.29) is 48.0 Å². The Labute approximate surface area is 242 Å². The Kier molecular flexibility index (Phi) is 8.34. The third-order valence-electron chi connectivity index (χ3n) is 6.94. The molecule has 0 aliphatic carbocycles. The van der Waals surface area contributed by atoms with Crippen molar-refractivity contribution in [3.8, 4) is 22.9 Å². The standard InChI is InChI=1S/C30H33FN6O5/c1-16-11-21(12-17(2)41-16)42-28-20(7-6-8-24(28)31)14-32-29(39)23-13-22(18(3)33-30(23)40-5)25-9-10-27-35-26(34-19(4)38)15-37(27)36-25/h6-10,13,15-17,21H,11-12,14H2,1-5H3,(H,32,39)(H,34,38)/t16-,17+,21?. The Morgan fingerprint density at radius 1 is 1.14 bits per heavy atom. The number of carbonyl (C=O) groups is 2. The molecule has 0 spiro atoms. The van der Waals surface area contributed by atoms with Crippen LogP contribution in [0.15, 0.2) is 42.6 Å². The topological polar surface area (TPSA) is 129 Å². The van der Waals surface area contributed by atoms with Gasteiger partial charge in [0, 0.05) is 37.4 Å². The highest BCUT2D eigenvalue weighted by atomic mass is 19.1. The number of rotatable bonds is 8. The van der Waals surface area contributed by atoms with E-state index in [1.165, 1.54) is 24.6 Å². The summed E-state index contributed by atoms with van der Waals surface area (Å²) in [4.78, 5) is 33.6. The van der Waals surface area contributed by atoms with Crippen LogP contribution in [0, 0.1) is 12.7 Å². The molecule has 1 fully saturated rings. The fourth-order valence-corrected chi connectivity index (χ4v) is 5.13. The van der Waals surface area contributed by atoms with Crippen molar-refractivity contribution in [3.05, 3.63) is 65.2 Å². The van der Waals surface area contributed by atoms with Gasteiger partial charge in [0.1, 0.15) is 11.7 Å². The smallest absolute Gasteiger partial charge is 0.257 e. The monoisotopic (exact) mass is 576 g/mol. The molecule has 1 aliphatic rings. The minimum atomic E-state index is -0.493. The zero-order chi connectivity index (χ0) is 30.0. The summed E-state index contributed by atoms with van der Waals surface area (Å²) in [5, 5.41) is 10.1. The largest absolute Gasteiger partial charge is 0.487 e. The number of fused-ring (bicyclic) bond motifs is 1. The van der Waals surface area contributed by atoms with Crippen LogP contribution in [0.5, 0.6) is 11.6 Å². The van der Waals surface area contributed by atoms with Gasteiger partial charge in [-0.1, -0.05) is 12.1 Å². The number of nitrogens with one attached hydrogen (secondary N) is 2. The van der Waals surface area contributed by atoms with Gasteiger partial charge in [0.2, 0.25) is 11.8 Å². The van der Waals surface area contributed by atoms with E-state index in [1.807, 2.05) is 13.8 Å². The fraction of sp³-hybridized carbons (Fsp3) is 0.367. The Hall–Kier alpha value is -4.58. The molecule has 12 heteroatoms. The van der Waals surface area contributed by atoms with Crippen LogP contribution >= 0.6 is 0 Å². The summed E-state index contributed by atoms with van der Waals surface area (Å²) in [6.07, 6.45) is 2.70. The lowest BCUT2D eigenvalue weighted by molar-refractivity contribution is -0.114. The quantitative estimate of drug-likeness (QED) is 0.314. The lowest BCUT2D eigenvalue weighted by Crippen LogP contribution is -2.36. The maximum absolute atomic E-state index is 14.9. The first kappa shape index (κ1) is 28.9. The van der Waals surface area contributed by atoms with Crippen molar-refractivity contribution in [1.82, 2.24) is 24.9 Å². The van der Waals surface area contributed by atoms with E-state index >= 15 is 0 Å². The summed E-state index contributed by atoms with van der Waals surface area (Å²) in [6, 6.07) is 9.81. The van der Waals surface area contributed by atoms with Gasteiger partial charge in [0.25, 0.3) is 5.91 Å². The molecule has 1 aromatic carbocycles. The number of nitrogens with zero attached hydrogens (tertiary/aromatic N) is 4. The lowest BCUT2D eigenvalue weighted by atomic mass is 10.0. The Morgan fingerprint density at radius 2 is 1.90 bits per heavy atom. The minimum Gasteiger partial charge on any atom is -0.487 e. The summed E-state index contributed by atoms with van der Waals surface area (Å²) in [7, 11) is 1.44. The molecule has 0 radical (unpaired) electrons. The maximum Gasteiger partial charge on any atom is 0.257 e. The number of methoxy groups -OCH3 is 1. The van der Waals surface area contributed by atoms with Crippen molar-refractivity contribution in [1.29, 1.82) is 0 Å². The van der Waals surface area contributed by atoms with Gasteiger partial charge in [0.15, 0.2) is 23.0 Å². The molecule has 2 N–H and O–H groups in total. The van der Waals surface area contributed by atoms with Crippen molar-refractivity contribution in [3.63, 3.8) is 0 Å².